The summed E-state index contributed by atoms with van der Waals surface area (Å²) in [6.45, 7) is 6.35. The van der Waals surface area contributed by atoms with Gasteiger partial charge in [-0.3, -0.25) is 4.57 Å². The minimum absolute atomic E-state index is 0.212. The lowest BCUT2D eigenvalue weighted by Crippen LogP contribution is -2.21. The third kappa shape index (κ3) is 4.35. The van der Waals surface area contributed by atoms with Gasteiger partial charge in [-0.15, -0.1) is 0 Å². The van der Waals surface area contributed by atoms with Gasteiger partial charge in [0.1, 0.15) is 0 Å². The molecule has 0 aliphatic heterocycles. The Morgan fingerprint density at radius 1 is 0.688 bits per heavy atom. The molecule has 0 saturated carbocycles. The van der Waals surface area contributed by atoms with Crippen LogP contribution < -0.4 is 20.9 Å². The monoisotopic (exact) mass is 441 g/mol. The maximum atomic E-state index is 14.5. The van der Waals surface area contributed by atoms with Crippen molar-refractivity contribution >= 4 is 23.7 Å². The fourth-order valence-corrected chi connectivity index (χ4v) is 5.83. The van der Waals surface area contributed by atoms with E-state index in [0.717, 1.165) is 16.7 Å². The summed E-state index contributed by atoms with van der Waals surface area (Å²) in [6.07, 6.45) is 0. The molecule has 0 fully saturated rings. The van der Waals surface area contributed by atoms with Crippen molar-refractivity contribution in [1.29, 1.82) is 0 Å². The van der Waals surface area contributed by atoms with E-state index >= 15 is 0 Å². The van der Waals surface area contributed by atoms with E-state index in [2.05, 4.69) is 39.0 Å². The Kier molecular flexibility index (Phi) is 5.95. The molecule has 0 unspecified atom stereocenters. The molecule has 32 heavy (non-hydrogen) atoms. The van der Waals surface area contributed by atoms with Gasteiger partial charge < -0.3 is 10.3 Å². The third-order valence-corrected chi connectivity index (χ3v) is 7.89. The van der Waals surface area contributed by atoms with Crippen LogP contribution in [0.15, 0.2) is 103 Å². The van der Waals surface area contributed by atoms with Crippen molar-refractivity contribution in [3.05, 3.63) is 109 Å². The zero-order valence-corrected chi connectivity index (χ0v) is 19.6. The first-order valence-electron chi connectivity index (χ1n) is 10.7. The minimum atomic E-state index is -3.44. The van der Waals surface area contributed by atoms with Crippen LogP contribution in [0.5, 0.6) is 5.75 Å². The van der Waals surface area contributed by atoms with Crippen molar-refractivity contribution in [2.75, 3.05) is 5.73 Å². The maximum Gasteiger partial charge on any atom is 0.306 e. The zero-order chi connectivity index (χ0) is 22.8. The number of nitrogens with two attached hydrogens (primary N) is 1. The molecule has 0 aliphatic rings. The van der Waals surface area contributed by atoms with Crippen molar-refractivity contribution in [3.8, 4) is 16.9 Å². The van der Waals surface area contributed by atoms with E-state index in [1.807, 2.05) is 84.9 Å². The van der Waals surface area contributed by atoms with E-state index in [-0.39, 0.29) is 5.41 Å². The van der Waals surface area contributed by atoms with Crippen LogP contribution in [-0.4, -0.2) is 0 Å². The van der Waals surface area contributed by atoms with Crippen molar-refractivity contribution in [2.24, 2.45) is 0 Å². The average Bonchev–Trinajstić information content (AvgIpc) is 2.81. The summed E-state index contributed by atoms with van der Waals surface area (Å²) >= 11 is 0. The van der Waals surface area contributed by atoms with E-state index in [1.165, 1.54) is 0 Å². The van der Waals surface area contributed by atoms with Gasteiger partial charge >= 0.3 is 7.37 Å². The number of rotatable bonds is 5. The number of hydrogen-bond acceptors (Lipinski definition) is 3. The van der Waals surface area contributed by atoms with Gasteiger partial charge in [0.2, 0.25) is 0 Å². The van der Waals surface area contributed by atoms with E-state index in [9.17, 15) is 4.57 Å². The molecule has 0 amide bonds. The van der Waals surface area contributed by atoms with Gasteiger partial charge in [0.15, 0.2) is 5.75 Å². The second-order valence-corrected chi connectivity index (χ2v) is 11.2. The van der Waals surface area contributed by atoms with Gasteiger partial charge in [0.25, 0.3) is 0 Å². The lowest BCUT2D eigenvalue weighted by molar-refractivity contribution is 0.502. The molecule has 3 nitrogen and oxygen atoms in total. The van der Waals surface area contributed by atoms with Crippen molar-refractivity contribution < 1.29 is 9.09 Å². The molecule has 4 aromatic carbocycles. The van der Waals surface area contributed by atoms with Crippen molar-refractivity contribution in [1.82, 2.24) is 0 Å². The summed E-state index contributed by atoms with van der Waals surface area (Å²) in [5.74, 6) is 0.437. The Bertz CT molecular complexity index is 1200. The molecule has 0 saturated heterocycles. The Hall–Kier alpha value is -3.29. The number of hydrogen-bond donors (Lipinski definition) is 1. The molecule has 0 heterocycles. The highest BCUT2D eigenvalue weighted by molar-refractivity contribution is 7.74. The van der Waals surface area contributed by atoms with Gasteiger partial charge in [-0.05, 0) is 58.5 Å². The predicted molar refractivity (Wildman–Crippen MR) is 135 cm³/mol. The molecule has 0 atom stereocenters. The summed E-state index contributed by atoms with van der Waals surface area (Å²) in [5, 5.41) is 1.26. The number of nitrogen functional groups attached to an aromatic ring is 1. The van der Waals surface area contributed by atoms with Crippen LogP contribution in [0.3, 0.4) is 0 Å². The van der Waals surface area contributed by atoms with E-state index < -0.39 is 7.37 Å². The predicted octanol–water partition coefficient (Wildman–Crippen LogP) is 6.54. The number of anilines is 1. The van der Waals surface area contributed by atoms with Gasteiger partial charge in [0, 0.05) is 0 Å². The molecule has 4 heteroatoms. The summed E-state index contributed by atoms with van der Waals surface area (Å²) < 4.78 is 20.9. The Morgan fingerprint density at radius 3 is 1.62 bits per heavy atom. The fraction of sp³-hybridized carbons (Fsp3) is 0.143. The molecule has 0 bridgehead atoms. The molecule has 0 radical (unpaired) electrons. The van der Waals surface area contributed by atoms with Crippen LogP contribution >= 0.6 is 7.37 Å². The van der Waals surface area contributed by atoms with Crippen LogP contribution in [0.2, 0.25) is 0 Å². The lowest BCUT2D eigenvalue weighted by Gasteiger charge is -2.27. The van der Waals surface area contributed by atoms with Crippen LogP contribution in [0, 0.1) is 0 Å². The summed E-state index contributed by atoms with van der Waals surface area (Å²) in [4.78, 5) is 0. The first kappa shape index (κ1) is 21.9. The second-order valence-electron chi connectivity index (χ2n) is 8.87. The molecule has 0 spiro atoms. The van der Waals surface area contributed by atoms with E-state index in [4.69, 9.17) is 10.3 Å². The standard InChI is InChI=1S/C28H28NO2P/c1-28(2,3)25-19-22(21-13-7-4-8-14-21)20-26(27(25)29)31-32(30,23-15-9-5-10-16-23)24-17-11-6-12-18-24/h4-20H,29H2,1-3H3. The molecule has 162 valence electrons. The quantitative estimate of drug-likeness (QED) is 0.283. The Balaban J connectivity index is 1.92. The van der Waals surface area contributed by atoms with Gasteiger partial charge in [-0.25, -0.2) is 0 Å². The summed E-state index contributed by atoms with van der Waals surface area (Å²) in [7, 11) is -3.44. The maximum absolute atomic E-state index is 14.5. The molecule has 4 rings (SSSR count). The molecular weight excluding hydrogens is 413 g/mol. The molecule has 4 aromatic rings. The Morgan fingerprint density at radius 2 is 1.16 bits per heavy atom. The van der Waals surface area contributed by atoms with Gasteiger partial charge in [-0.2, -0.15) is 0 Å². The Labute approximate surface area is 190 Å². The lowest BCUT2D eigenvalue weighted by atomic mass is 9.84. The van der Waals surface area contributed by atoms with Crippen LogP contribution in [0.1, 0.15) is 26.3 Å². The average molecular weight is 442 g/mol. The first-order valence-corrected chi connectivity index (χ1v) is 12.3. The molecule has 0 aliphatic carbocycles. The zero-order valence-electron chi connectivity index (χ0n) is 18.7. The SMILES string of the molecule is CC(C)(C)c1cc(-c2ccccc2)cc(OP(=O)(c2ccccc2)c2ccccc2)c1N. The highest BCUT2D eigenvalue weighted by Crippen LogP contribution is 2.49. The van der Waals surface area contributed by atoms with Gasteiger partial charge in [0.05, 0.1) is 16.3 Å². The molecule has 0 aromatic heterocycles. The van der Waals surface area contributed by atoms with Crippen molar-refractivity contribution in [3.63, 3.8) is 0 Å². The normalized spacial score (nSPS) is 11.8. The third-order valence-electron chi connectivity index (χ3n) is 5.48. The first-order chi connectivity index (χ1) is 15.3. The highest BCUT2D eigenvalue weighted by atomic mass is 31.2. The summed E-state index contributed by atoms with van der Waals surface area (Å²) in [6, 6.07) is 32.8. The minimum Gasteiger partial charge on any atom is -0.435 e. The van der Waals surface area contributed by atoms with Gasteiger partial charge in [-0.1, -0.05) is 87.5 Å². The summed E-state index contributed by atoms with van der Waals surface area (Å²) in [5.41, 5.74) is 9.93. The van der Waals surface area contributed by atoms with Crippen LogP contribution in [0.4, 0.5) is 5.69 Å². The molecule has 2 N–H and O–H groups in total. The topological polar surface area (TPSA) is 52.3 Å². The fourth-order valence-electron chi connectivity index (χ4n) is 3.76. The number of benzene rings is 4. The smallest absolute Gasteiger partial charge is 0.306 e. The highest BCUT2D eigenvalue weighted by Gasteiger charge is 2.32. The van der Waals surface area contributed by atoms with E-state index in [0.29, 0.717) is 22.0 Å². The van der Waals surface area contributed by atoms with Crippen LogP contribution in [0.25, 0.3) is 11.1 Å². The second kappa shape index (κ2) is 8.68. The largest absolute Gasteiger partial charge is 0.435 e. The van der Waals surface area contributed by atoms with Crippen LogP contribution in [-0.2, 0) is 9.98 Å². The van der Waals surface area contributed by atoms with Crippen molar-refractivity contribution in [2.45, 2.75) is 26.2 Å². The van der Waals surface area contributed by atoms with E-state index in [1.54, 1.807) is 0 Å². The molecular formula is C28H28NO2P.